The Balaban J connectivity index is 2.26. The molecule has 1 aromatic carbocycles. The Labute approximate surface area is 124 Å². The lowest BCUT2D eigenvalue weighted by Gasteiger charge is -2.18. The SMILES string of the molecule is CCNC(=O)c1ccc(N)cc1NC(C)c1cccnc1. The summed E-state index contributed by atoms with van der Waals surface area (Å²) in [5.41, 5.74) is 8.79. The smallest absolute Gasteiger partial charge is 0.253 e. The van der Waals surface area contributed by atoms with E-state index < -0.39 is 0 Å². The van der Waals surface area contributed by atoms with E-state index in [0.29, 0.717) is 17.8 Å². The van der Waals surface area contributed by atoms with Gasteiger partial charge in [-0.15, -0.1) is 0 Å². The highest BCUT2D eigenvalue weighted by Crippen LogP contribution is 2.24. The van der Waals surface area contributed by atoms with Gasteiger partial charge in [0.05, 0.1) is 11.6 Å². The lowest BCUT2D eigenvalue weighted by molar-refractivity contribution is 0.0956. The predicted octanol–water partition coefficient (Wildman–Crippen LogP) is 2.59. The molecule has 1 unspecified atom stereocenters. The van der Waals surface area contributed by atoms with Gasteiger partial charge in [-0.25, -0.2) is 0 Å². The van der Waals surface area contributed by atoms with E-state index in [0.717, 1.165) is 11.3 Å². The monoisotopic (exact) mass is 284 g/mol. The fourth-order valence-corrected chi connectivity index (χ4v) is 2.08. The van der Waals surface area contributed by atoms with Gasteiger partial charge < -0.3 is 16.4 Å². The van der Waals surface area contributed by atoms with Gasteiger partial charge in [0.2, 0.25) is 0 Å². The molecule has 5 nitrogen and oxygen atoms in total. The Morgan fingerprint density at radius 3 is 2.86 bits per heavy atom. The van der Waals surface area contributed by atoms with E-state index in [2.05, 4.69) is 15.6 Å². The zero-order chi connectivity index (χ0) is 15.2. The molecular formula is C16H20N4O. The van der Waals surface area contributed by atoms with Crippen LogP contribution < -0.4 is 16.4 Å². The molecule has 0 spiro atoms. The Kier molecular flexibility index (Phi) is 4.77. The average molecular weight is 284 g/mol. The summed E-state index contributed by atoms with van der Waals surface area (Å²) in [6.45, 7) is 4.49. The first-order valence-corrected chi connectivity index (χ1v) is 6.96. The van der Waals surface area contributed by atoms with E-state index in [-0.39, 0.29) is 11.9 Å². The number of nitrogens with one attached hydrogen (secondary N) is 2. The summed E-state index contributed by atoms with van der Waals surface area (Å²) in [4.78, 5) is 16.2. The highest BCUT2D eigenvalue weighted by molar-refractivity contribution is 6.00. The second-order valence-electron chi connectivity index (χ2n) is 4.82. The van der Waals surface area contributed by atoms with E-state index in [1.807, 2.05) is 26.0 Å². The van der Waals surface area contributed by atoms with Gasteiger partial charge in [-0.2, -0.15) is 0 Å². The summed E-state index contributed by atoms with van der Waals surface area (Å²) in [6, 6.07) is 9.13. The van der Waals surface area contributed by atoms with Crippen molar-refractivity contribution in [2.75, 3.05) is 17.6 Å². The minimum atomic E-state index is -0.113. The molecule has 2 aromatic rings. The molecular weight excluding hydrogens is 264 g/mol. The largest absolute Gasteiger partial charge is 0.399 e. The minimum Gasteiger partial charge on any atom is -0.399 e. The van der Waals surface area contributed by atoms with Crippen molar-refractivity contribution in [1.29, 1.82) is 0 Å². The summed E-state index contributed by atoms with van der Waals surface area (Å²) < 4.78 is 0. The van der Waals surface area contributed by atoms with Crippen molar-refractivity contribution >= 4 is 17.3 Å². The van der Waals surface area contributed by atoms with Crippen LogP contribution in [0.15, 0.2) is 42.7 Å². The van der Waals surface area contributed by atoms with Gasteiger partial charge in [0.1, 0.15) is 0 Å². The van der Waals surface area contributed by atoms with E-state index in [4.69, 9.17) is 5.73 Å². The van der Waals surface area contributed by atoms with Crippen LogP contribution in [0.1, 0.15) is 35.8 Å². The maximum Gasteiger partial charge on any atom is 0.253 e. The van der Waals surface area contributed by atoms with Crippen molar-refractivity contribution in [2.24, 2.45) is 0 Å². The minimum absolute atomic E-state index is 0.0219. The molecule has 110 valence electrons. The summed E-state index contributed by atoms with van der Waals surface area (Å²) in [6.07, 6.45) is 3.53. The molecule has 0 aliphatic carbocycles. The Hall–Kier alpha value is -2.56. The fraction of sp³-hybridized carbons (Fsp3) is 0.250. The van der Waals surface area contributed by atoms with Crippen LogP contribution in [-0.4, -0.2) is 17.4 Å². The Morgan fingerprint density at radius 1 is 1.38 bits per heavy atom. The predicted molar refractivity (Wildman–Crippen MR) is 85.1 cm³/mol. The molecule has 1 atom stereocenters. The number of hydrogen-bond donors (Lipinski definition) is 3. The zero-order valence-corrected chi connectivity index (χ0v) is 12.3. The van der Waals surface area contributed by atoms with E-state index in [9.17, 15) is 4.79 Å². The number of aromatic nitrogens is 1. The van der Waals surface area contributed by atoms with E-state index >= 15 is 0 Å². The highest BCUT2D eigenvalue weighted by Gasteiger charge is 2.13. The maximum absolute atomic E-state index is 12.1. The molecule has 1 amide bonds. The summed E-state index contributed by atoms with van der Waals surface area (Å²) in [7, 11) is 0. The van der Waals surface area contributed by atoms with Crippen LogP contribution >= 0.6 is 0 Å². The molecule has 0 fully saturated rings. The Morgan fingerprint density at radius 2 is 2.19 bits per heavy atom. The first kappa shape index (κ1) is 14.8. The lowest BCUT2D eigenvalue weighted by atomic mass is 10.1. The van der Waals surface area contributed by atoms with Crippen LogP contribution in [0.3, 0.4) is 0 Å². The van der Waals surface area contributed by atoms with Crippen LogP contribution in [0.4, 0.5) is 11.4 Å². The molecule has 1 aromatic heterocycles. The number of benzene rings is 1. The average Bonchev–Trinajstić information content (AvgIpc) is 2.48. The van der Waals surface area contributed by atoms with Gasteiger partial charge in [-0.05, 0) is 43.7 Å². The number of carbonyl (C=O) groups excluding carboxylic acids is 1. The van der Waals surface area contributed by atoms with Gasteiger partial charge in [0, 0.05) is 30.3 Å². The molecule has 2 rings (SSSR count). The van der Waals surface area contributed by atoms with Crippen molar-refractivity contribution in [3.05, 3.63) is 53.9 Å². The number of anilines is 2. The number of nitrogens with two attached hydrogens (primary N) is 1. The zero-order valence-electron chi connectivity index (χ0n) is 12.3. The van der Waals surface area contributed by atoms with Gasteiger partial charge >= 0.3 is 0 Å². The highest BCUT2D eigenvalue weighted by atomic mass is 16.1. The van der Waals surface area contributed by atoms with Crippen LogP contribution in [0.5, 0.6) is 0 Å². The number of pyridine rings is 1. The van der Waals surface area contributed by atoms with Crippen LogP contribution in [0.25, 0.3) is 0 Å². The Bertz CT molecular complexity index is 613. The third-order valence-corrected chi connectivity index (χ3v) is 3.18. The van der Waals surface area contributed by atoms with Crippen molar-refractivity contribution in [3.63, 3.8) is 0 Å². The number of nitrogens with zero attached hydrogens (tertiary/aromatic N) is 1. The molecule has 0 saturated heterocycles. The lowest BCUT2D eigenvalue weighted by Crippen LogP contribution is -2.24. The van der Waals surface area contributed by atoms with Gasteiger partial charge in [0.25, 0.3) is 5.91 Å². The number of rotatable bonds is 5. The summed E-state index contributed by atoms with van der Waals surface area (Å²) >= 11 is 0. The number of hydrogen-bond acceptors (Lipinski definition) is 4. The normalized spacial score (nSPS) is 11.7. The van der Waals surface area contributed by atoms with Gasteiger partial charge in [0.15, 0.2) is 0 Å². The summed E-state index contributed by atoms with van der Waals surface area (Å²) in [5.74, 6) is -0.113. The van der Waals surface area contributed by atoms with Crippen LogP contribution in [0.2, 0.25) is 0 Å². The van der Waals surface area contributed by atoms with Crippen molar-refractivity contribution < 1.29 is 4.79 Å². The van der Waals surface area contributed by atoms with Gasteiger partial charge in [-0.3, -0.25) is 9.78 Å². The third kappa shape index (κ3) is 3.72. The molecule has 4 N–H and O–H groups in total. The molecule has 0 aliphatic heterocycles. The second kappa shape index (κ2) is 6.74. The van der Waals surface area contributed by atoms with Crippen molar-refractivity contribution in [3.8, 4) is 0 Å². The molecule has 5 heteroatoms. The number of nitrogen functional groups attached to an aromatic ring is 1. The quantitative estimate of drug-likeness (QED) is 0.737. The molecule has 21 heavy (non-hydrogen) atoms. The third-order valence-electron chi connectivity index (χ3n) is 3.18. The van der Waals surface area contributed by atoms with Crippen molar-refractivity contribution in [1.82, 2.24) is 10.3 Å². The maximum atomic E-state index is 12.1. The fourth-order valence-electron chi connectivity index (χ4n) is 2.08. The van der Waals surface area contributed by atoms with Crippen LogP contribution in [0, 0.1) is 0 Å². The molecule has 0 radical (unpaired) electrons. The molecule has 1 heterocycles. The van der Waals surface area contributed by atoms with Gasteiger partial charge in [-0.1, -0.05) is 6.07 Å². The molecule has 0 bridgehead atoms. The topological polar surface area (TPSA) is 80.0 Å². The first-order chi connectivity index (χ1) is 10.1. The molecule has 0 saturated carbocycles. The first-order valence-electron chi connectivity index (χ1n) is 6.96. The van der Waals surface area contributed by atoms with Crippen molar-refractivity contribution in [2.45, 2.75) is 19.9 Å². The number of amides is 1. The van der Waals surface area contributed by atoms with Crippen LogP contribution in [-0.2, 0) is 0 Å². The second-order valence-corrected chi connectivity index (χ2v) is 4.82. The summed E-state index contributed by atoms with van der Waals surface area (Å²) in [5, 5.41) is 6.13. The molecule has 0 aliphatic rings. The standard InChI is InChI=1S/C16H20N4O/c1-3-19-16(21)14-7-6-13(17)9-15(14)20-11(2)12-5-4-8-18-10-12/h4-11,20H,3,17H2,1-2H3,(H,19,21). The van der Waals surface area contributed by atoms with E-state index in [1.165, 1.54) is 0 Å². The number of carbonyl (C=O) groups is 1. The van der Waals surface area contributed by atoms with E-state index in [1.54, 1.807) is 30.6 Å².